The summed E-state index contributed by atoms with van der Waals surface area (Å²) in [4.78, 5) is 11.6. The van der Waals surface area contributed by atoms with Crippen molar-refractivity contribution in [3.63, 3.8) is 0 Å². The zero-order chi connectivity index (χ0) is 14.2. The van der Waals surface area contributed by atoms with Crippen LogP contribution in [-0.4, -0.2) is 28.9 Å². The van der Waals surface area contributed by atoms with E-state index in [2.05, 4.69) is 12.2 Å². The molecule has 0 aromatic heterocycles. The molecule has 18 heavy (non-hydrogen) atoms. The van der Waals surface area contributed by atoms with Crippen molar-refractivity contribution in [1.82, 2.24) is 5.32 Å². The first-order chi connectivity index (χ1) is 8.30. The van der Waals surface area contributed by atoms with Gasteiger partial charge in [0.05, 0.1) is 12.1 Å². The van der Waals surface area contributed by atoms with Crippen LogP contribution >= 0.6 is 0 Å². The van der Waals surface area contributed by atoms with Gasteiger partial charge in [0, 0.05) is 0 Å². The van der Waals surface area contributed by atoms with E-state index in [-0.39, 0.29) is 6.04 Å². The molecular formula is C14H29NO3. The van der Waals surface area contributed by atoms with Crippen LogP contribution in [0.25, 0.3) is 0 Å². The fourth-order valence-electron chi connectivity index (χ4n) is 1.73. The number of hydrogen-bond acceptors (Lipinski definition) is 3. The van der Waals surface area contributed by atoms with E-state index in [9.17, 15) is 9.90 Å². The van der Waals surface area contributed by atoms with E-state index in [4.69, 9.17) is 4.74 Å². The third-order valence-corrected chi connectivity index (χ3v) is 2.71. The molecule has 1 amide bonds. The highest BCUT2D eigenvalue weighted by Gasteiger charge is 2.22. The van der Waals surface area contributed by atoms with Crippen molar-refractivity contribution in [2.45, 2.75) is 84.5 Å². The van der Waals surface area contributed by atoms with Crippen molar-refractivity contribution in [3.8, 4) is 0 Å². The zero-order valence-electron chi connectivity index (χ0n) is 12.5. The minimum absolute atomic E-state index is 0.225. The van der Waals surface area contributed by atoms with Crippen LogP contribution in [-0.2, 0) is 4.74 Å². The molecule has 0 saturated carbocycles. The van der Waals surface area contributed by atoms with E-state index in [0.717, 1.165) is 25.7 Å². The third-order valence-electron chi connectivity index (χ3n) is 2.71. The van der Waals surface area contributed by atoms with Crippen molar-refractivity contribution < 1.29 is 14.6 Å². The average Bonchev–Trinajstić information content (AvgIpc) is 2.23. The van der Waals surface area contributed by atoms with Crippen LogP contribution < -0.4 is 5.32 Å². The normalized spacial score (nSPS) is 15.0. The SMILES string of the molecule is CCCCCC(O)C(CC)NC(=O)OC(C)(C)C. The van der Waals surface area contributed by atoms with E-state index < -0.39 is 17.8 Å². The first kappa shape index (κ1) is 17.2. The van der Waals surface area contributed by atoms with Gasteiger partial charge in [0.25, 0.3) is 0 Å². The number of alkyl carbamates (subject to hydrolysis) is 1. The maximum Gasteiger partial charge on any atom is 0.407 e. The average molecular weight is 259 g/mol. The first-order valence-corrected chi connectivity index (χ1v) is 6.97. The number of ether oxygens (including phenoxy) is 1. The van der Waals surface area contributed by atoms with E-state index in [1.807, 2.05) is 27.7 Å². The molecule has 4 nitrogen and oxygen atoms in total. The third kappa shape index (κ3) is 8.34. The highest BCUT2D eigenvalue weighted by Crippen LogP contribution is 2.11. The molecule has 0 aromatic rings. The summed E-state index contributed by atoms with van der Waals surface area (Å²) in [5, 5.41) is 12.8. The van der Waals surface area contributed by atoms with Gasteiger partial charge < -0.3 is 15.2 Å². The predicted molar refractivity (Wildman–Crippen MR) is 73.6 cm³/mol. The van der Waals surface area contributed by atoms with Gasteiger partial charge in [-0.05, 0) is 33.6 Å². The van der Waals surface area contributed by atoms with Crippen LogP contribution in [0.2, 0.25) is 0 Å². The van der Waals surface area contributed by atoms with Gasteiger partial charge >= 0.3 is 6.09 Å². The molecule has 0 heterocycles. The van der Waals surface area contributed by atoms with Crippen LogP contribution in [0.3, 0.4) is 0 Å². The second kappa shape index (κ2) is 8.35. The Morgan fingerprint density at radius 2 is 1.89 bits per heavy atom. The largest absolute Gasteiger partial charge is 0.444 e. The second-order valence-corrected chi connectivity index (χ2v) is 5.72. The van der Waals surface area contributed by atoms with E-state index in [0.29, 0.717) is 6.42 Å². The number of aliphatic hydroxyl groups excluding tert-OH is 1. The Morgan fingerprint density at radius 3 is 2.33 bits per heavy atom. The molecule has 2 unspecified atom stereocenters. The summed E-state index contributed by atoms with van der Waals surface area (Å²) in [5.74, 6) is 0. The smallest absolute Gasteiger partial charge is 0.407 e. The van der Waals surface area contributed by atoms with Crippen LogP contribution in [0.4, 0.5) is 4.79 Å². The maximum absolute atomic E-state index is 11.6. The highest BCUT2D eigenvalue weighted by molar-refractivity contribution is 5.68. The van der Waals surface area contributed by atoms with Crippen LogP contribution in [0.1, 0.15) is 66.7 Å². The number of carbonyl (C=O) groups is 1. The minimum atomic E-state index is -0.504. The van der Waals surface area contributed by atoms with Gasteiger partial charge in [0.15, 0.2) is 0 Å². The van der Waals surface area contributed by atoms with Crippen LogP contribution in [0, 0.1) is 0 Å². The number of rotatable bonds is 7. The number of carbonyl (C=O) groups excluding carboxylic acids is 1. The Labute approximate surface area is 111 Å². The van der Waals surface area contributed by atoms with Gasteiger partial charge in [-0.2, -0.15) is 0 Å². The number of nitrogens with one attached hydrogen (secondary N) is 1. The Hall–Kier alpha value is -0.770. The zero-order valence-corrected chi connectivity index (χ0v) is 12.5. The molecule has 0 aliphatic rings. The first-order valence-electron chi connectivity index (χ1n) is 6.97. The minimum Gasteiger partial charge on any atom is -0.444 e. The fraction of sp³-hybridized carbons (Fsp3) is 0.929. The van der Waals surface area contributed by atoms with Gasteiger partial charge in [-0.25, -0.2) is 4.79 Å². The fourth-order valence-corrected chi connectivity index (χ4v) is 1.73. The van der Waals surface area contributed by atoms with Gasteiger partial charge in [0.2, 0.25) is 0 Å². The number of hydrogen-bond donors (Lipinski definition) is 2. The number of aliphatic hydroxyl groups is 1. The molecule has 0 rings (SSSR count). The summed E-state index contributed by atoms with van der Waals surface area (Å²) < 4.78 is 5.18. The molecule has 0 bridgehead atoms. The van der Waals surface area contributed by atoms with Crippen LogP contribution in [0.5, 0.6) is 0 Å². The molecular weight excluding hydrogens is 230 g/mol. The van der Waals surface area contributed by atoms with E-state index in [1.165, 1.54) is 0 Å². The molecule has 0 radical (unpaired) electrons. The Morgan fingerprint density at radius 1 is 1.28 bits per heavy atom. The lowest BCUT2D eigenvalue weighted by molar-refractivity contribution is 0.0407. The molecule has 108 valence electrons. The van der Waals surface area contributed by atoms with Crippen molar-refractivity contribution in [1.29, 1.82) is 0 Å². The number of unbranched alkanes of at least 4 members (excludes halogenated alkanes) is 2. The molecule has 0 spiro atoms. The lowest BCUT2D eigenvalue weighted by atomic mass is 10.0. The molecule has 0 aliphatic carbocycles. The Kier molecular flexibility index (Phi) is 8.00. The standard InChI is InChI=1S/C14H29NO3/c1-6-8-9-10-12(16)11(7-2)15-13(17)18-14(3,4)5/h11-12,16H,6-10H2,1-5H3,(H,15,17). The summed E-state index contributed by atoms with van der Waals surface area (Å²) in [5.41, 5.74) is -0.504. The summed E-state index contributed by atoms with van der Waals surface area (Å²) in [7, 11) is 0. The summed E-state index contributed by atoms with van der Waals surface area (Å²) in [6, 6.07) is -0.225. The predicted octanol–water partition coefficient (Wildman–Crippen LogP) is 3.23. The Balaban J connectivity index is 4.12. The Bertz CT molecular complexity index is 236. The quantitative estimate of drug-likeness (QED) is 0.690. The lowest BCUT2D eigenvalue weighted by Gasteiger charge is -2.26. The lowest BCUT2D eigenvalue weighted by Crippen LogP contribution is -2.45. The molecule has 2 atom stereocenters. The summed E-state index contributed by atoms with van der Waals surface area (Å²) in [6.07, 6.45) is 3.71. The second-order valence-electron chi connectivity index (χ2n) is 5.72. The molecule has 0 saturated heterocycles. The van der Waals surface area contributed by atoms with Gasteiger partial charge in [-0.1, -0.05) is 33.1 Å². The topological polar surface area (TPSA) is 58.6 Å². The maximum atomic E-state index is 11.6. The molecule has 2 N–H and O–H groups in total. The molecule has 0 aromatic carbocycles. The van der Waals surface area contributed by atoms with Gasteiger partial charge in [-0.15, -0.1) is 0 Å². The number of amides is 1. The van der Waals surface area contributed by atoms with E-state index in [1.54, 1.807) is 0 Å². The summed E-state index contributed by atoms with van der Waals surface area (Å²) >= 11 is 0. The molecule has 4 heteroatoms. The van der Waals surface area contributed by atoms with E-state index >= 15 is 0 Å². The van der Waals surface area contributed by atoms with Crippen LogP contribution in [0.15, 0.2) is 0 Å². The molecule has 0 aliphatic heterocycles. The summed E-state index contributed by atoms with van der Waals surface area (Å²) in [6.45, 7) is 9.55. The van der Waals surface area contributed by atoms with Crippen molar-refractivity contribution in [3.05, 3.63) is 0 Å². The van der Waals surface area contributed by atoms with Crippen molar-refractivity contribution >= 4 is 6.09 Å². The highest BCUT2D eigenvalue weighted by atomic mass is 16.6. The van der Waals surface area contributed by atoms with Gasteiger partial charge in [-0.3, -0.25) is 0 Å². The molecule has 0 fully saturated rings. The van der Waals surface area contributed by atoms with Gasteiger partial charge in [0.1, 0.15) is 5.60 Å². The monoisotopic (exact) mass is 259 g/mol. The van der Waals surface area contributed by atoms with Crippen molar-refractivity contribution in [2.24, 2.45) is 0 Å². The van der Waals surface area contributed by atoms with Crippen molar-refractivity contribution in [2.75, 3.05) is 0 Å².